The van der Waals surface area contributed by atoms with Crippen molar-refractivity contribution < 1.29 is 14.5 Å². The van der Waals surface area contributed by atoms with Gasteiger partial charge in [-0.15, -0.1) is 0 Å². The van der Waals surface area contributed by atoms with Crippen LogP contribution in [-0.2, 0) is 4.74 Å². The minimum atomic E-state index is -0.537. The predicted molar refractivity (Wildman–Crippen MR) is 93.8 cm³/mol. The number of H-pyrrole nitrogens is 1. The van der Waals surface area contributed by atoms with E-state index in [1.54, 1.807) is 13.0 Å². The molecule has 7 heteroatoms. The van der Waals surface area contributed by atoms with E-state index in [1.165, 1.54) is 0 Å². The Morgan fingerprint density at radius 1 is 1.42 bits per heavy atom. The number of hydrogen-bond acceptors (Lipinski definition) is 5. The van der Waals surface area contributed by atoms with Crippen LogP contribution in [0.1, 0.15) is 19.4 Å². The molecule has 0 bridgehead atoms. The van der Waals surface area contributed by atoms with Gasteiger partial charge in [-0.3, -0.25) is 0 Å². The Bertz CT molecular complexity index is 789. The number of amides is 1. The van der Waals surface area contributed by atoms with E-state index in [0.29, 0.717) is 23.9 Å². The lowest BCUT2D eigenvalue weighted by Gasteiger charge is -2.24. The Morgan fingerprint density at radius 2 is 2.17 bits per heavy atom. The molecule has 1 aliphatic heterocycles. The van der Waals surface area contributed by atoms with Crippen LogP contribution in [0.3, 0.4) is 0 Å². The lowest BCUT2D eigenvalue weighted by molar-refractivity contribution is -0.342. The van der Waals surface area contributed by atoms with Crippen LogP contribution in [0.2, 0.25) is 0 Å². The SMILES string of the molecule is CCOC(=O)Nc1cc2c(c(N)[nH+]1)N=C(c1ccccc1)C(C)N2. The number of aromatic nitrogens is 1. The molecule has 3 rings (SSSR count). The summed E-state index contributed by atoms with van der Waals surface area (Å²) in [5, 5.41) is 5.98. The molecule has 2 aromatic rings. The molecule has 0 saturated heterocycles. The fourth-order valence-corrected chi connectivity index (χ4v) is 2.62. The number of carbonyl (C=O) groups is 1. The third-order valence-electron chi connectivity index (χ3n) is 3.66. The van der Waals surface area contributed by atoms with Gasteiger partial charge in [-0.2, -0.15) is 0 Å². The Morgan fingerprint density at radius 3 is 2.88 bits per heavy atom. The van der Waals surface area contributed by atoms with Gasteiger partial charge in [0.05, 0.1) is 24.0 Å². The van der Waals surface area contributed by atoms with Gasteiger partial charge >= 0.3 is 6.09 Å². The first-order chi connectivity index (χ1) is 11.6. The molecular formula is C17H20N5O2+. The summed E-state index contributed by atoms with van der Waals surface area (Å²) in [5.74, 6) is 0.815. The Hall–Kier alpha value is -3.09. The number of aliphatic imine (C=N–C) groups is 1. The largest absolute Gasteiger partial charge is 0.473 e. The second kappa shape index (κ2) is 6.57. The lowest BCUT2D eigenvalue weighted by Crippen LogP contribution is -2.31. The molecule has 1 unspecified atom stereocenters. The molecule has 124 valence electrons. The first kappa shape index (κ1) is 15.8. The van der Waals surface area contributed by atoms with E-state index < -0.39 is 6.09 Å². The maximum atomic E-state index is 11.6. The van der Waals surface area contributed by atoms with Gasteiger partial charge in [0.1, 0.15) is 0 Å². The van der Waals surface area contributed by atoms with Crippen molar-refractivity contribution >= 4 is 34.8 Å². The molecule has 1 amide bonds. The number of rotatable bonds is 3. The van der Waals surface area contributed by atoms with E-state index in [2.05, 4.69) is 15.6 Å². The number of carbonyl (C=O) groups excluding carboxylic acids is 1. The first-order valence-corrected chi connectivity index (χ1v) is 7.78. The highest BCUT2D eigenvalue weighted by Crippen LogP contribution is 2.35. The van der Waals surface area contributed by atoms with Crippen LogP contribution in [0.4, 0.5) is 27.8 Å². The second-order valence-corrected chi connectivity index (χ2v) is 5.43. The number of nitrogens with one attached hydrogen (secondary N) is 3. The quantitative estimate of drug-likeness (QED) is 0.806. The summed E-state index contributed by atoms with van der Waals surface area (Å²) in [6.07, 6.45) is -0.537. The van der Waals surface area contributed by atoms with Crippen LogP contribution in [0.15, 0.2) is 41.4 Å². The molecule has 0 radical (unpaired) electrons. The highest BCUT2D eigenvalue weighted by Gasteiger charge is 2.25. The molecule has 1 atom stereocenters. The van der Waals surface area contributed by atoms with Gasteiger partial charge < -0.3 is 15.8 Å². The van der Waals surface area contributed by atoms with Gasteiger partial charge in [0.15, 0.2) is 5.69 Å². The van der Waals surface area contributed by atoms with E-state index in [9.17, 15) is 4.79 Å². The van der Waals surface area contributed by atoms with Gasteiger partial charge in [0, 0.05) is 6.07 Å². The zero-order valence-electron chi connectivity index (χ0n) is 13.6. The topological polar surface area (TPSA) is 103 Å². The molecule has 24 heavy (non-hydrogen) atoms. The third-order valence-corrected chi connectivity index (χ3v) is 3.66. The third kappa shape index (κ3) is 3.15. The van der Waals surface area contributed by atoms with Crippen LogP contribution < -0.4 is 21.4 Å². The van der Waals surface area contributed by atoms with Gasteiger partial charge in [-0.25, -0.2) is 20.1 Å². The van der Waals surface area contributed by atoms with Crippen molar-refractivity contribution in [2.24, 2.45) is 4.99 Å². The average Bonchev–Trinajstić information content (AvgIpc) is 2.55. The predicted octanol–water partition coefficient (Wildman–Crippen LogP) is 2.59. The van der Waals surface area contributed by atoms with Crippen molar-refractivity contribution in [2.45, 2.75) is 19.9 Å². The van der Waals surface area contributed by atoms with Gasteiger partial charge in [0.25, 0.3) is 0 Å². The molecule has 0 spiro atoms. The van der Waals surface area contributed by atoms with E-state index in [1.807, 2.05) is 37.3 Å². The number of aromatic amines is 1. The summed E-state index contributed by atoms with van der Waals surface area (Å²) >= 11 is 0. The molecule has 1 aromatic carbocycles. The van der Waals surface area contributed by atoms with Crippen molar-refractivity contribution in [1.29, 1.82) is 0 Å². The molecule has 1 aromatic heterocycles. The summed E-state index contributed by atoms with van der Waals surface area (Å²) in [7, 11) is 0. The molecule has 5 N–H and O–H groups in total. The van der Waals surface area contributed by atoms with Crippen LogP contribution in [0.5, 0.6) is 0 Å². The maximum Gasteiger partial charge on any atom is 0.473 e. The zero-order valence-corrected chi connectivity index (χ0v) is 13.6. The molecule has 0 fully saturated rings. The van der Waals surface area contributed by atoms with Crippen LogP contribution in [-0.4, -0.2) is 24.5 Å². The summed E-state index contributed by atoms with van der Waals surface area (Å²) in [4.78, 5) is 19.2. The summed E-state index contributed by atoms with van der Waals surface area (Å²) in [6.45, 7) is 4.07. The van der Waals surface area contributed by atoms with Crippen LogP contribution >= 0.6 is 0 Å². The number of benzene rings is 1. The van der Waals surface area contributed by atoms with Crippen LogP contribution in [0, 0.1) is 0 Å². The van der Waals surface area contributed by atoms with Crippen molar-refractivity contribution in [2.75, 3.05) is 23.0 Å². The van der Waals surface area contributed by atoms with E-state index >= 15 is 0 Å². The van der Waals surface area contributed by atoms with Crippen molar-refractivity contribution in [3.8, 4) is 0 Å². The first-order valence-electron chi connectivity index (χ1n) is 7.78. The summed E-state index contributed by atoms with van der Waals surface area (Å²) in [5.41, 5.74) is 9.41. The fourth-order valence-electron chi connectivity index (χ4n) is 2.62. The van der Waals surface area contributed by atoms with E-state index in [4.69, 9.17) is 15.5 Å². The van der Waals surface area contributed by atoms with E-state index in [-0.39, 0.29) is 6.04 Å². The van der Waals surface area contributed by atoms with Crippen LogP contribution in [0.25, 0.3) is 0 Å². The number of hydrogen-bond donors (Lipinski definition) is 3. The number of ether oxygens (including phenoxy) is 1. The monoisotopic (exact) mass is 326 g/mol. The molecule has 2 heterocycles. The zero-order chi connectivity index (χ0) is 17.1. The Kier molecular flexibility index (Phi) is 4.33. The van der Waals surface area contributed by atoms with Crippen molar-refractivity contribution in [3.63, 3.8) is 0 Å². The number of fused-ring (bicyclic) bond motifs is 1. The second-order valence-electron chi connectivity index (χ2n) is 5.43. The number of anilines is 3. The highest BCUT2D eigenvalue weighted by atomic mass is 16.5. The molecule has 0 saturated carbocycles. The lowest BCUT2D eigenvalue weighted by atomic mass is 10.0. The molecule has 1 aliphatic rings. The van der Waals surface area contributed by atoms with Gasteiger partial charge in [0.2, 0.25) is 11.6 Å². The van der Waals surface area contributed by atoms with Crippen molar-refractivity contribution in [1.82, 2.24) is 0 Å². The highest BCUT2D eigenvalue weighted by molar-refractivity contribution is 6.10. The number of nitrogens with zero attached hydrogens (tertiary/aromatic N) is 1. The average molecular weight is 326 g/mol. The minimum Gasteiger partial charge on any atom is -0.438 e. The van der Waals surface area contributed by atoms with Gasteiger partial charge in [-0.05, 0) is 19.4 Å². The number of pyridine rings is 1. The number of nitrogen functional groups attached to an aromatic ring is 1. The minimum absolute atomic E-state index is 0.0112. The summed E-state index contributed by atoms with van der Waals surface area (Å²) in [6, 6.07) is 11.7. The molecule has 7 nitrogen and oxygen atoms in total. The van der Waals surface area contributed by atoms with E-state index in [0.717, 1.165) is 17.0 Å². The number of nitrogens with two attached hydrogens (primary N) is 1. The van der Waals surface area contributed by atoms with Crippen molar-refractivity contribution in [3.05, 3.63) is 42.0 Å². The van der Waals surface area contributed by atoms with Gasteiger partial charge in [-0.1, -0.05) is 30.3 Å². The molecular weight excluding hydrogens is 306 g/mol. The Labute approximate surface area is 140 Å². The maximum absolute atomic E-state index is 11.6. The standard InChI is InChI=1S/C17H19N5O2/c1-3-24-17(23)21-13-9-12-15(16(18)20-13)22-14(10(2)19-12)11-7-5-4-6-8-11/h4-10,19H,3H2,1-2H3,(H3,18,20,21,23)/p+1. The smallest absolute Gasteiger partial charge is 0.438 e. The Balaban J connectivity index is 1.95. The molecule has 0 aliphatic carbocycles. The summed E-state index contributed by atoms with van der Waals surface area (Å²) < 4.78 is 4.87. The fraction of sp³-hybridized carbons (Fsp3) is 0.235. The normalized spacial score (nSPS) is 15.8.